The number of rotatable bonds is 7. The molecule has 0 aliphatic carbocycles. The summed E-state index contributed by atoms with van der Waals surface area (Å²) in [5.74, 6) is 0.0210. The van der Waals surface area contributed by atoms with E-state index in [1.165, 1.54) is 31.6 Å². The molecule has 2 heterocycles. The Morgan fingerprint density at radius 2 is 2.06 bits per heavy atom. The van der Waals surface area contributed by atoms with Crippen LogP contribution in [-0.4, -0.2) is 31.0 Å². The van der Waals surface area contributed by atoms with E-state index in [-0.39, 0.29) is 11.3 Å². The smallest absolute Gasteiger partial charge is 0.341 e. The van der Waals surface area contributed by atoms with Crippen LogP contribution in [0.4, 0.5) is 5.00 Å². The molecule has 2 aromatic heterocycles. The van der Waals surface area contributed by atoms with Gasteiger partial charge in [-0.2, -0.15) is 5.26 Å². The summed E-state index contributed by atoms with van der Waals surface area (Å²) in [6, 6.07) is 9.62. The van der Waals surface area contributed by atoms with Gasteiger partial charge in [0.05, 0.1) is 30.4 Å². The van der Waals surface area contributed by atoms with E-state index >= 15 is 0 Å². The number of ether oxygens (including phenoxy) is 2. The number of benzene rings is 1. The summed E-state index contributed by atoms with van der Waals surface area (Å²) in [7, 11) is 2.88. The number of carbonyl (C=O) groups excluding carboxylic acids is 2. The van der Waals surface area contributed by atoms with Crippen molar-refractivity contribution in [2.24, 2.45) is 0 Å². The molecule has 9 heteroatoms. The third-order valence-electron chi connectivity index (χ3n) is 4.42. The third-order valence-corrected chi connectivity index (χ3v) is 6.62. The Labute approximate surface area is 187 Å². The number of methoxy groups -OCH3 is 2. The van der Waals surface area contributed by atoms with Gasteiger partial charge in [0.15, 0.2) is 5.78 Å². The number of thiophene rings is 1. The Morgan fingerprint density at radius 1 is 1.29 bits per heavy atom. The van der Waals surface area contributed by atoms with Crippen molar-refractivity contribution in [3.8, 4) is 23.1 Å². The number of carbonyl (C=O) groups is 2. The number of allylic oxidation sites excluding steroid dienone is 1. The maximum Gasteiger partial charge on any atom is 0.341 e. The number of hydrogen-bond donors (Lipinski definition) is 1. The lowest BCUT2D eigenvalue weighted by atomic mass is 10.1. The van der Waals surface area contributed by atoms with Gasteiger partial charge < -0.3 is 14.8 Å². The van der Waals surface area contributed by atoms with Crippen LogP contribution in [0.15, 0.2) is 35.8 Å². The molecule has 0 atom stereocenters. The van der Waals surface area contributed by atoms with Gasteiger partial charge in [-0.05, 0) is 31.5 Å². The summed E-state index contributed by atoms with van der Waals surface area (Å²) >= 11 is 2.47. The van der Waals surface area contributed by atoms with Gasteiger partial charge in [0.25, 0.3) is 0 Å². The van der Waals surface area contributed by atoms with Crippen LogP contribution in [0.5, 0.6) is 5.75 Å². The lowest BCUT2D eigenvalue weighted by Gasteiger charge is -2.04. The summed E-state index contributed by atoms with van der Waals surface area (Å²) < 4.78 is 10.1. The van der Waals surface area contributed by atoms with Gasteiger partial charge in [-0.1, -0.05) is 12.1 Å². The molecule has 3 aromatic rings. The van der Waals surface area contributed by atoms with E-state index in [1.807, 2.05) is 29.6 Å². The molecule has 0 amide bonds. The lowest BCUT2D eigenvalue weighted by Crippen LogP contribution is -2.05. The molecule has 158 valence electrons. The number of nitrogens with zero attached hydrogens (tertiary/aromatic N) is 2. The predicted molar refractivity (Wildman–Crippen MR) is 122 cm³/mol. The Hall–Kier alpha value is -3.48. The molecule has 1 aromatic carbocycles. The standard InChI is InChI=1S/C22H19N3O4S2/c1-12-18(22(27)29-4)21(31-19(12)13(2)26)24-10-15(9-23)20-25-17(11-30-20)14-6-5-7-16(8-14)28-3/h5-8,10-11,24H,1-4H3. The molecule has 0 saturated carbocycles. The summed E-state index contributed by atoms with van der Waals surface area (Å²) in [5.41, 5.74) is 2.72. The van der Waals surface area contributed by atoms with E-state index in [0.29, 0.717) is 26.0 Å². The van der Waals surface area contributed by atoms with Crippen LogP contribution in [0.1, 0.15) is 37.5 Å². The van der Waals surface area contributed by atoms with E-state index in [0.717, 1.165) is 28.3 Å². The molecule has 0 aliphatic heterocycles. The van der Waals surface area contributed by atoms with Crippen molar-refractivity contribution in [2.45, 2.75) is 13.8 Å². The van der Waals surface area contributed by atoms with E-state index < -0.39 is 5.97 Å². The van der Waals surface area contributed by atoms with Crippen molar-refractivity contribution in [3.63, 3.8) is 0 Å². The zero-order chi connectivity index (χ0) is 22.5. The van der Waals surface area contributed by atoms with Crippen molar-refractivity contribution in [2.75, 3.05) is 19.5 Å². The minimum absolute atomic E-state index is 0.145. The molecule has 0 unspecified atom stereocenters. The van der Waals surface area contributed by atoms with E-state index in [4.69, 9.17) is 9.47 Å². The molecule has 7 nitrogen and oxygen atoms in total. The van der Waals surface area contributed by atoms with Gasteiger partial charge in [-0.15, -0.1) is 22.7 Å². The highest BCUT2D eigenvalue weighted by molar-refractivity contribution is 7.18. The number of hydrogen-bond acceptors (Lipinski definition) is 9. The maximum absolute atomic E-state index is 12.2. The lowest BCUT2D eigenvalue weighted by molar-refractivity contribution is 0.0601. The summed E-state index contributed by atoms with van der Waals surface area (Å²) in [6.45, 7) is 3.14. The van der Waals surface area contributed by atoms with Crippen molar-refractivity contribution >= 4 is 45.0 Å². The molecule has 1 N–H and O–H groups in total. The van der Waals surface area contributed by atoms with Crippen molar-refractivity contribution < 1.29 is 19.1 Å². The number of nitrogens with one attached hydrogen (secondary N) is 1. The topological polar surface area (TPSA) is 101 Å². The largest absolute Gasteiger partial charge is 0.497 e. The van der Waals surface area contributed by atoms with Gasteiger partial charge in [-0.3, -0.25) is 4.79 Å². The molecule has 0 aliphatic rings. The summed E-state index contributed by atoms with van der Waals surface area (Å²) in [5, 5.41) is 15.4. The summed E-state index contributed by atoms with van der Waals surface area (Å²) in [4.78, 5) is 29.1. The zero-order valence-corrected chi connectivity index (χ0v) is 18.9. The molecule has 3 rings (SSSR count). The average molecular weight is 454 g/mol. The Morgan fingerprint density at radius 3 is 2.71 bits per heavy atom. The number of esters is 1. The molecule has 0 spiro atoms. The molecular formula is C22H19N3O4S2. The van der Waals surface area contributed by atoms with E-state index in [9.17, 15) is 14.9 Å². The van der Waals surface area contributed by atoms with Crippen molar-refractivity contribution in [1.29, 1.82) is 5.26 Å². The van der Waals surface area contributed by atoms with Crippen molar-refractivity contribution in [1.82, 2.24) is 4.98 Å². The molecule has 31 heavy (non-hydrogen) atoms. The number of ketones is 1. The minimum Gasteiger partial charge on any atom is -0.497 e. The van der Waals surface area contributed by atoms with Crippen LogP contribution in [0, 0.1) is 18.3 Å². The number of anilines is 1. The van der Waals surface area contributed by atoms with Crippen LogP contribution in [0.3, 0.4) is 0 Å². The molecule has 0 fully saturated rings. The summed E-state index contributed by atoms with van der Waals surface area (Å²) in [6.07, 6.45) is 1.48. The zero-order valence-electron chi connectivity index (χ0n) is 17.3. The first kappa shape index (κ1) is 22.2. The number of Topliss-reactive ketones (excluding diaryl/α,β-unsaturated/α-hetero) is 1. The van der Waals surface area contributed by atoms with Crippen LogP contribution < -0.4 is 10.1 Å². The first-order chi connectivity index (χ1) is 14.9. The van der Waals surface area contributed by atoms with Gasteiger partial charge in [0.2, 0.25) is 0 Å². The monoisotopic (exact) mass is 453 g/mol. The van der Waals surface area contributed by atoms with Crippen LogP contribution in [0.2, 0.25) is 0 Å². The minimum atomic E-state index is -0.551. The third kappa shape index (κ3) is 4.66. The fourth-order valence-corrected chi connectivity index (χ4v) is 4.74. The second kappa shape index (κ2) is 9.55. The first-order valence-electron chi connectivity index (χ1n) is 9.09. The highest BCUT2D eigenvalue weighted by Gasteiger charge is 2.23. The van der Waals surface area contributed by atoms with Crippen LogP contribution in [0.25, 0.3) is 16.8 Å². The van der Waals surface area contributed by atoms with Crippen LogP contribution in [-0.2, 0) is 4.74 Å². The Balaban J connectivity index is 1.93. The van der Waals surface area contributed by atoms with E-state index in [1.54, 1.807) is 14.0 Å². The first-order valence-corrected chi connectivity index (χ1v) is 10.8. The van der Waals surface area contributed by atoms with Crippen molar-refractivity contribution in [3.05, 3.63) is 56.9 Å². The van der Waals surface area contributed by atoms with Crippen LogP contribution >= 0.6 is 22.7 Å². The number of aromatic nitrogens is 1. The number of nitriles is 1. The fraction of sp³-hybridized carbons (Fsp3) is 0.182. The predicted octanol–water partition coefficient (Wildman–Crippen LogP) is 5.15. The average Bonchev–Trinajstić information content (AvgIpc) is 3.39. The Bertz CT molecular complexity index is 1220. The number of thiazole rings is 1. The molecule has 0 saturated heterocycles. The second-order valence-corrected chi connectivity index (χ2v) is 8.27. The maximum atomic E-state index is 12.2. The van der Waals surface area contributed by atoms with Gasteiger partial charge in [0, 0.05) is 17.1 Å². The molecular weight excluding hydrogens is 434 g/mol. The second-order valence-electron chi connectivity index (χ2n) is 6.39. The van der Waals surface area contributed by atoms with E-state index in [2.05, 4.69) is 16.4 Å². The Kier molecular flexibility index (Phi) is 6.84. The highest BCUT2D eigenvalue weighted by atomic mass is 32.1. The highest BCUT2D eigenvalue weighted by Crippen LogP contribution is 2.35. The van der Waals surface area contributed by atoms with Gasteiger partial charge in [0.1, 0.15) is 27.4 Å². The molecule has 0 radical (unpaired) electrons. The normalized spacial score (nSPS) is 11.0. The fourth-order valence-electron chi connectivity index (χ4n) is 2.89. The van der Waals surface area contributed by atoms with Gasteiger partial charge >= 0.3 is 5.97 Å². The van der Waals surface area contributed by atoms with Gasteiger partial charge in [-0.25, -0.2) is 9.78 Å². The SMILES string of the molecule is COC(=O)c1c(NC=C(C#N)c2nc(-c3cccc(OC)c3)cs2)sc(C(C)=O)c1C. The molecule has 0 bridgehead atoms. The quantitative estimate of drug-likeness (QED) is 0.300.